The molecular formula is C17H20N6O6S. The molecule has 1 fully saturated rings. The summed E-state index contributed by atoms with van der Waals surface area (Å²) < 4.78 is 33.1. The van der Waals surface area contributed by atoms with Crippen molar-refractivity contribution in [2.75, 3.05) is 13.7 Å². The summed E-state index contributed by atoms with van der Waals surface area (Å²) in [5.74, 6) is -2.94. The number of sulfonamides is 1. The highest BCUT2D eigenvalue weighted by Gasteiger charge is 2.49. The molecule has 160 valence electrons. The van der Waals surface area contributed by atoms with Crippen molar-refractivity contribution in [1.82, 2.24) is 19.3 Å². The van der Waals surface area contributed by atoms with Crippen molar-refractivity contribution in [3.8, 4) is 0 Å². The van der Waals surface area contributed by atoms with Crippen LogP contribution in [0.25, 0.3) is 0 Å². The summed E-state index contributed by atoms with van der Waals surface area (Å²) in [6.07, 6.45) is 0.0900. The zero-order chi connectivity index (χ0) is 22.2. The first kappa shape index (κ1) is 21.4. The molecule has 0 saturated carbocycles. The molecule has 30 heavy (non-hydrogen) atoms. The van der Waals surface area contributed by atoms with Crippen molar-refractivity contribution >= 4 is 27.8 Å². The summed E-state index contributed by atoms with van der Waals surface area (Å²) in [6, 6.07) is 3.79. The second kappa shape index (κ2) is 7.84. The number of nitrogens with two attached hydrogens (primary N) is 2. The van der Waals surface area contributed by atoms with Crippen LogP contribution in [0.3, 0.4) is 0 Å². The van der Waals surface area contributed by atoms with E-state index >= 15 is 0 Å². The number of nitrogens with zero attached hydrogens (tertiary/aromatic N) is 4. The van der Waals surface area contributed by atoms with Gasteiger partial charge in [0.15, 0.2) is 11.4 Å². The number of rotatable bonds is 6. The van der Waals surface area contributed by atoms with Gasteiger partial charge in [-0.1, -0.05) is 22.9 Å². The molecule has 4 N–H and O–H groups in total. The highest BCUT2D eigenvalue weighted by atomic mass is 32.2. The Morgan fingerprint density at radius 2 is 1.77 bits per heavy atom. The standard InChI is InChI=1S/C17H20N6O6S/c1-9-3-5-10(6-4-9)30(27,28)22-8-7-11(13(22)17(26)29-2)23-14(16(19)25)12(15(18)24)20-21-23/h3-6,11,13H,7-8H2,1-2H3,(H2,18,24)(H2,19,25)/t11-,13-/m0/s1. The minimum Gasteiger partial charge on any atom is -0.468 e. The van der Waals surface area contributed by atoms with Gasteiger partial charge in [-0.05, 0) is 25.5 Å². The summed E-state index contributed by atoms with van der Waals surface area (Å²) in [5, 5.41) is 7.32. The summed E-state index contributed by atoms with van der Waals surface area (Å²) in [6.45, 7) is 1.75. The first-order valence-electron chi connectivity index (χ1n) is 8.80. The number of carbonyl (C=O) groups excluding carboxylic acids is 3. The fourth-order valence-electron chi connectivity index (χ4n) is 3.44. The van der Waals surface area contributed by atoms with Gasteiger partial charge in [-0.25, -0.2) is 13.1 Å². The average Bonchev–Trinajstić information content (AvgIpc) is 3.32. The smallest absolute Gasteiger partial charge is 0.326 e. The van der Waals surface area contributed by atoms with Gasteiger partial charge < -0.3 is 16.2 Å². The van der Waals surface area contributed by atoms with Crippen LogP contribution in [0, 0.1) is 6.92 Å². The first-order valence-corrected chi connectivity index (χ1v) is 10.2. The highest BCUT2D eigenvalue weighted by Crippen LogP contribution is 2.35. The van der Waals surface area contributed by atoms with Crippen LogP contribution in [0.1, 0.15) is 39.0 Å². The Labute approximate surface area is 171 Å². The quantitative estimate of drug-likeness (QED) is 0.539. The second-order valence-electron chi connectivity index (χ2n) is 6.71. The van der Waals surface area contributed by atoms with Crippen molar-refractivity contribution in [1.29, 1.82) is 0 Å². The van der Waals surface area contributed by atoms with E-state index in [0.29, 0.717) is 0 Å². The minimum absolute atomic E-state index is 0.00538. The van der Waals surface area contributed by atoms with Gasteiger partial charge >= 0.3 is 5.97 Å². The third kappa shape index (κ3) is 3.52. The molecular weight excluding hydrogens is 416 g/mol. The van der Waals surface area contributed by atoms with E-state index in [1.165, 1.54) is 12.1 Å². The number of esters is 1. The Kier molecular flexibility index (Phi) is 5.59. The number of carbonyl (C=O) groups is 3. The molecule has 1 saturated heterocycles. The van der Waals surface area contributed by atoms with Gasteiger partial charge in [-0.2, -0.15) is 4.31 Å². The maximum Gasteiger partial charge on any atom is 0.326 e. The zero-order valence-corrected chi connectivity index (χ0v) is 17.0. The number of methoxy groups -OCH3 is 1. The van der Waals surface area contributed by atoms with Gasteiger partial charge in [0.2, 0.25) is 10.0 Å². The van der Waals surface area contributed by atoms with Gasteiger partial charge in [-0.15, -0.1) is 5.10 Å². The number of hydrogen-bond acceptors (Lipinski definition) is 8. The van der Waals surface area contributed by atoms with E-state index in [1.807, 2.05) is 6.92 Å². The molecule has 0 bridgehead atoms. The summed E-state index contributed by atoms with van der Waals surface area (Å²) in [4.78, 5) is 36.0. The fraction of sp³-hybridized carbons (Fsp3) is 0.353. The van der Waals surface area contributed by atoms with Crippen LogP contribution in [0.15, 0.2) is 29.2 Å². The fourth-order valence-corrected chi connectivity index (χ4v) is 5.06. The minimum atomic E-state index is -4.08. The number of aromatic nitrogens is 3. The molecule has 2 aromatic rings. The first-order chi connectivity index (χ1) is 14.1. The Morgan fingerprint density at radius 1 is 1.13 bits per heavy atom. The Hall–Kier alpha value is -3.32. The van der Waals surface area contributed by atoms with Crippen LogP contribution < -0.4 is 11.5 Å². The number of hydrogen-bond donors (Lipinski definition) is 2. The molecule has 1 aliphatic rings. The maximum atomic E-state index is 13.2. The number of aryl methyl sites for hydroxylation is 1. The van der Waals surface area contributed by atoms with Crippen LogP contribution in [0.4, 0.5) is 0 Å². The molecule has 1 aliphatic heterocycles. The molecule has 2 amide bonds. The van der Waals surface area contributed by atoms with Gasteiger partial charge in [0.25, 0.3) is 11.8 Å². The van der Waals surface area contributed by atoms with E-state index < -0.39 is 51.3 Å². The summed E-state index contributed by atoms with van der Waals surface area (Å²) in [7, 11) is -2.97. The van der Waals surface area contributed by atoms with Gasteiger partial charge in [0.1, 0.15) is 6.04 Å². The Balaban J connectivity index is 2.09. The largest absolute Gasteiger partial charge is 0.468 e. The van der Waals surface area contributed by atoms with Crippen molar-refractivity contribution in [3.63, 3.8) is 0 Å². The van der Waals surface area contributed by atoms with E-state index in [-0.39, 0.29) is 17.9 Å². The Bertz CT molecular complexity index is 1110. The van der Waals surface area contributed by atoms with E-state index in [2.05, 4.69) is 10.3 Å². The maximum absolute atomic E-state index is 13.2. The van der Waals surface area contributed by atoms with Crippen molar-refractivity contribution < 1.29 is 27.5 Å². The van der Waals surface area contributed by atoms with E-state index in [4.69, 9.17) is 16.2 Å². The van der Waals surface area contributed by atoms with E-state index in [1.54, 1.807) is 12.1 Å². The lowest BCUT2D eigenvalue weighted by Gasteiger charge is -2.25. The van der Waals surface area contributed by atoms with Crippen LogP contribution in [-0.2, 0) is 19.6 Å². The van der Waals surface area contributed by atoms with Gasteiger partial charge in [-0.3, -0.25) is 14.4 Å². The van der Waals surface area contributed by atoms with E-state index in [9.17, 15) is 22.8 Å². The molecule has 0 radical (unpaired) electrons. The molecule has 3 rings (SSSR count). The van der Waals surface area contributed by atoms with Crippen LogP contribution in [0.5, 0.6) is 0 Å². The third-order valence-electron chi connectivity index (χ3n) is 4.87. The SMILES string of the molecule is COC(=O)[C@@H]1[C@@H](n2nnc(C(N)=O)c2C(N)=O)CCN1S(=O)(=O)c1ccc(C)cc1. The number of ether oxygens (including phenoxy) is 1. The van der Waals surface area contributed by atoms with Crippen LogP contribution >= 0.6 is 0 Å². The predicted molar refractivity (Wildman–Crippen MR) is 102 cm³/mol. The lowest BCUT2D eigenvalue weighted by atomic mass is 10.1. The molecule has 12 nitrogen and oxygen atoms in total. The lowest BCUT2D eigenvalue weighted by Crippen LogP contribution is -2.45. The molecule has 0 spiro atoms. The normalized spacial score (nSPS) is 19.5. The monoisotopic (exact) mass is 436 g/mol. The zero-order valence-electron chi connectivity index (χ0n) is 16.2. The molecule has 1 aromatic carbocycles. The average molecular weight is 436 g/mol. The van der Waals surface area contributed by atoms with Crippen molar-refractivity contribution in [2.45, 2.75) is 30.3 Å². The van der Waals surface area contributed by atoms with Crippen LogP contribution in [-0.4, -0.2) is 65.2 Å². The topological polar surface area (TPSA) is 181 Å². The van der Waals surface area contributed by atoms with Gasteiger partial charge in [0, 0.05) is 6.54 Å². The van der Waals surface area contributed by atoms with Crippen molar-refractivity contribution in [3.05, 3.63) is 41.2 Å². The van der Waals surface area contributed by atoms with E-state index in [0.717, 1.165) is 21.7 Å². The molecule has 2 heterocycles. The Morgan fingerprint density at radius 3 is 2.30 bits per heavy atom. The molecule has 0 aliphatic carbocycles. The van der Waals surface area contributed by atoms with Gasteiger partial charge in [0.05, 0.1) is 18.0 Å². The molecule has 0 unspecified atom stereocenters. The lowest BCUT2D eigenvalue weighted by molar-refractivity contribution is -0.145. The number of amides is 2. The van der Waals surface area contributed by atoms with Crippen LogP contribution in [0.2, 0.25) is 0 Å². The number of benzene rings is 1. The van der Waals surface area contributed by atoms with Crippen molar-refractivity contribution in [2.24, 2.45) is 11.5 Å². The second-order valence-corrected chi connectivity index (χ2v) is 8.60. The highest BCUT2D eigenvalue weighted by molar-refractivity contribution is 7.89. The molecule has 13 heteroatoms. The molecule has 2 atom stereocenters. The predicted octanol–water partition coefficient (Wildman–Crippen LogP) is -1.04. The number of primary amides is 2. The third-order valence-corrected chi connectivity index (χ3v) is 6.76. The summed E-state index contributed by atoms with van der Waals surface area (Å²) >= 11 is 0. The summed E-state index contributed by atoms with van der Waals surface area (Å²) in [5.41, 5.74) is 10.6. The molecule has 1 aromatic heterocycles.